The monoisotopic (exact) mass is 649 g/mol. The lowest BCUT2D eigenvalue weighted by Gasteiger charge is -2.26. The van der Waals surface area contributed by atoms with Crippen LogP contribution in [0.1, 0.15) is 0 Å². The van der Waals surface area contributed by atoms with Crippen LogP contribution in [0.5, 0.6) is 0 Å². The molecule has 0 saturated heterocycles. The second-order valence-electron chi connectivity index (χ2n) is 12.9. The Morgan fingerprint density at radius 1 is 0.235 bits per heavy atom. The van der Waals surface area contributed by atoms with Crippen molar-refractivity contribution in [2.24, 2.45) is 0 Å². The molecule has 0 N–H and O–H groups in total. The van der Waals surface area contributed by atoms with Gasteiger partial charge in [0, 0.05) is 17.1 Å². The molecule has 1 nitrogen and oxygen atoms in total. The maximum absolute atomic E-state index is 2.34. The first-order valence-electron chi connectivity index (χ1n) is 17.5. The largest absolute Gasteiger partial charge is 0.311 e. The van der Waals surface area contributed by atoms with Crippen molar-refractivity contribution >= 4 is 38.6 Å². The van der Waals surface area contributed by atoms with Crippen molar-refractivity contribution < 1.29 is 0 Å². The van der Waals surface area contributed by atoms with Crippen molar-refractivity contribution in [1.29, 1.82) is 0 Å². The molecule has 9 aromatic carbocycles. The van der Waals surface area contributed by atoms with Gasteiger partial charge in [0.2, 0.25) is 0 Å². The molecule has 0 amide bonds. The summed E-state index contributed by atoms with van der Waals surface area (Å²) < 4.78 is 0. The Morgan fingerprint density at radius 2 is 0.647 bits per heavy atom. The number of rotatable bonds is 7. The van der Waals surface area contributed by atoms with E-state index in [0.717, 1.165) is 17.1 Å². The van der Waals surface area contributed by atoms with Crippen LogP contribution < -0.4 is 4.90 Å². The molecule has 9 rings (SSSR count). The quantitative estimate of drug-likeness (QED) is 0.155. The molecule has 1 heteroatoms. The minimum Gasteiger partial charge on any atom is -0.311 e. The molecule has 0 spiro atoms. The van der Waals surface area contributed by atoms with Gasteiger partial charge < -0.3 is 4.90 Å². The Balaban J connectivity index is 1.12. The highest BCUT2D eigenvalue weighted by atomic mass is 15.1. The van der Waals surface area contributed by atoms with Gasteiger partial charge in [-0.1, -0.05) is 176 Å². The second-order valence-corrected chi connectivity index (χ2v) is 12.9. The smallest absolute Gasteiger partial charge is 0.0462 e. The topological polar surface area (TPSA) is 3.24 Å². The highest BCUT2D eigenvalue weighted by Gasteiger charge is 2.16. The van der Waals surface area contributed by atoms with Gasteiger partial charge in [-0.2, -0.15) is 0 Å². The van der Waals surface area contributed by atoms with Crippen LogP contribution >= 0.6 is 0 Å². The summed E-state index contributed by atoms with van der Waals surface area (Å²) in [6.45, 7) is 0. The zero-order chi connectivity index (χ0) is 34.0. The van der Waals surface area contributed by atoms with Gasteiger partial charge in [0.1, 0.15) is 0 Å². The molecular formula is C50H35N. The van der Waals surface area contributed by atoms with Crippen molar-refractivity contribution in [3.63, 3.8) is 0 Å². The molecule has 0 heterocycles. The number of hydrogen-bond donors (Lipinski definition) is 0. The lowest BCUT2D eigenvalue weighted by molar-refractivity contribution is 1.28. The first-order chi connectivity index (χ1) is 25.3. The molecule has 0 fully saturated rings. The third kappa shape index (κ3) is 5.86. The third-order valence-electron chi connectivity index (χ3n) is 9.89. The number of nitrogens with zero attached hydrogens (tertiary/aromatic N) is 1. The number of fused-ring (bicyclic) bond motifs is 3. The molecule has 0 aliphatic rings. The molecule has 9 aromatic rings. The van der Waals surface area contributed by atoms with E-state index in [0.29, 0.717) is 0 Å². The minimum absolute atomic E-state index is 1.10. The van der Waals surface area contributed by atoms with Gasteiger partial charge in [-0.15, -0.1) is 0 Å². The van der Waals surface area contributed by atoms with Crippen molar-refractivity contribution in [2.45, 2.75) is 0 Å². The SMILES string of the molecule is c1ccc(-c2ccc(N(c3ccc(-c4ccccc4)cc3)c3ccc(-c4ccccc4-c4cccc5ccc6ccccc6c45)cc3)cc2)cc1. The van der Waals surface area contributed by atoms with Crippen LogP contribution in [0.4, 0.5) is 17.1 Å². The zero-order valence-corrected chi connectivity index (χ0v) is 28.2. The van der Waals surface area contributed by atoms with Crippen LogP contribution in [0.3, 0.4) is 0 Å². The Kier molecular flexibility index (Phi) is 7.92. The van der Waals surface area contributed by atoms with E-state index >= 15 is 0 Å². The Labute approximate surface area is 299 Å². The van der Waals surface area contributed by atoms with E-state index in [9.17, 15) is 0 Å². The summed E-state index contributed by atoms with van der Waals surface area (Å²) in [5.41, 5.74) is 13.0. The molecule has 0 bridgehead atoms. The van der Waals surface area contributed by atoms with E-state index in [1.807, 2.05) is 0 Å². The molecule has 0 aromatic heterocycles. The van der Waals surface area contributed by atoms with Gasteiger partial charge >= 0.3 is 0 Å². The van der Waals surface area contributed by atoms with E-state index in [2.05, 4.69) is 217 Å². The summed E-state index contributed by atoms with van der Waals surface area (Å²) in [7, 11) is 0. The Hall–Kier alpha value is -6.70. The van der Waals surface area contributed by atoms with E-state index in [4.69, 9.17) is 0 Å². The van der Waals surface area contributed by atoms with E-state index in [-0.39, 0.29) is 0 Å². The predicted octanol–water partition coefficient (Wildman–Crippen LogP) is 14.1. The summed E-state index contributed by atoms with van der Waals surface area (Å²) in [6, 6.07) is 76.5. The van der Waals surface area contributed by atoms with E-state index in [1.165, 1.54) is 66.1 Å². The molecule has 0 aliphatic carbocycles. The lowest BCUT2D eigenvalue weighted by Crippen LogP contribution is -2.09. The normalized spacial score (nSPS) is 11.1. The van der Waals surface area contributed by atoms with Crippen molar-refractivity contribution in [2.75, 3.05) is 4.90 Å². The highest BCUT2D eigenvalue weighted by molar-refractivity contribution is 6.15. The average Bonchev–Trinajstić information content (AvgIpc) is 3.22. The number of hydrogen-bond acceptors (Lipinski definition) is 1. The van der Waals surface area contributed by atoms with E-state index in [1.54, 1.807) is 0 Å². The zero-order valence-electron chi connectivity index (χ0n) is 28.2. The van der Waals surface area contributed by atoms with Crippen molar-refractivity contribution in [3.05, 3.63) is 212 Å². The van der Waals surface area contributed by atoms with Crippen LogP contribution in [-0.2, 0) is 0 Å². The first-order valence-corrected chi connectivity index (χ1v) is 17.5. The number of benzene rings is 9. The maximum atomic E-state index is 2.34. The molecule has 0 aliphatic heterocycles. The van der Waals surface area contributed by atoms with Crippen LogP contribution in [-0.4, -0.2) is 0 Å². The fourth-order valence-electron chi connectivity index (χ4n) is 7.36. The summed E-state index contributed by atoms with van der Waals surface area (Å²) in [5, 5.41) is 5.09. The standard InChI is InChI=1S/C50H35N/c1-3-12-36(13-4-1)38-24-30-43(31-25-38)51(44-32-26-39(27-33-44)37-14-5-2-6-15-37)45-34-28-41(29-35-45)46-18-9-10-20-48(46)49-21-11-17-42-23-22-40-16-7-8-19-47(40)50(42)49/h1-35H. The van der Waals surface area contributed by atoms with Gasteiger partial charge in [-0.25, -0.2) is 0 Å². The molecule has 0 unspecified atom stereocenters. The lowest BCUT2D eigenvalue weighted by atomic mass is 9.89. The fraction of sp³-hybridized carbons (Fsp3) is 0. The van der Waals surface area contributed by atoms with Gasteiger partial charge in [0.25, 0.3) is 0 Å². The van der Waals surface area contributed by atoms with Crippen molar-refractivity contribution in [1.82, 2.24) is 0 Å². The molecule has 0 saturated carbocycles. The van der Waals surface area contributed by atoms with Gasteiger partial charge in [-0.3, -0.25) is 0 Å². The molecule has 0 radical (unpaired) electrons. The van der Waals surface area contributed by atoms with Crippen LogP contribution in [0.15, 0.2) is 212 Å². The summed E-state index contributed by atoms with van der Waals surface area (Å²) in [5.74, 6) is 0. The number of anilines is 3. The Bertz CT molecular complexity index is 2500. The summed E-state index contributed by atoms with van der Waals surface area (Å²) in [4.78, 5) is 2.34. The van der Waals surface area contributed by atoms with Gasteiger partial charge in [0.05, 0.1) is 0 Å². The minimum atomic E-state index is 1.10. The van der Waals surface area contributed by atoms with Gasteiger partial charge in [0.15, 0.2) is 0 Å². The Morgan fingerprint density at radius 3 is 1.24 bits per heavy atom. The average molecular weight is 650 g/mol. The van der Waals surface area contributed by atoms with E-state index < -0.39 is 0 Å². The van der Waals surface area contributed by atoms with Crippen LogP contribution in [0.25, 0.3) is 66.1 Å². The molecule has 51 heavy (non-hydrogen) atoms. The highest BCUT2D eigenvalue weighted by Crippen LogP contribution is 2.41. The first kappa shape index (κ1) is 30.4. The maximum Gasteiger partial charge on any atom is 0.0462 e. The van der Waals surface area contributed by atoms with Crippen LogP contribution in [0, 0.1) is 0 Å². The third-order valence-corrected chi connectivity index (χ3v) is 9.89. The predicted molar refractivity (Wildman–Crippen MR) is 218 cm³/mol. The summed E-state index contributed by atoms with van der Waals surface area (Å²) >= 11 is 0. The molecular weight excluding hydrogens is 615 g/mol. The summed E-state index contributed by atoms with van der Waals surface area (Å²) in [6.07, 6.45) is 0. The molecule has 0 atom stereocenters. The van der Waals surface area contributed by atoms with Crippen molar-refractivity contribution in [3.8, 4) is 44.5 Å². The molecule has 240 valence electrons. The van der Waals surface area contributed by atoms with Crippen LogP contribution in [0.2, 0.25) is 0 Å². The fourth-order valence-corrected chi connectivity index (χ4v) is 7.36. The van der Waals surface area contributed by atoms with Gasteiger partial charge in [-0.05, 0) is 102 Å². The second kappa shape index (κ2) is 13.3.